The number of rotatable bonds is 5. The highest BCUT2D eigenvalue weighted by Gasteiger charge is 2.45. The van der Waals surface area contributed by atoms with Gasteiger partial charge >= 0.3 is 0 Å². The number of nitrogens with one attached hydrogen (secondary N) is 1. The molecule has 0 aliphatic carbocycles. The van der Waals surface area contributed by atoms with Crippen LogP contribution in [0.1, 0.15) is 32.1 Å². The van der Waals surface area contributed by atoms with Crippen LogP contribution in [0.2, 0.25) is 5.02 Å². The summed E-state index contributed by atoms with van der Waals surface area (Å²) in [5.41, 5.74) is 5.99. The van der Waals surface area contributed by atoms with Gasteiger partial charge in [-0.25, -0.2) is 0 Å². The van der Waals surface area contributed by atoms with Gasteiger partial charge in [0.15, 0.2) is 5.11 Å². The average Bonchev–Trinajstić information content (AvgIpc) is 2.75. The highest BCUT2D eigenvalue weighted by molar-refractivity contribution is 7.80. The van der Waals surface area contributed by atoms with Crippen molar-refractivity contribution >= 4 is 40.5 Å². The Kier molecular flexibility index (Phi) is 7.08. The lowest BCUT2D eigenvalue weighted by molar-refractivity contribution is -0.134. The molecule has 0 unspecified atom stereocenters. The summed E-state index contributed by atoms with van der Waals surface area (Å²) >= 11 is 11.8. The number of hydrogen-bond donors (Lipinski definition) is 2. The quantitative estimate of drug-likeness (QED) is 0.681. The second-order valence-electron chi connectivity index (χ2n) is 7.55. The van der Waals surface area contributed by atoms with Crippen LogP contribution in [0, 0.1) is 0 Å². The zero-order valence-corrected chi connectivity index (χ0v) is 18.6. The first-order valence-electron chi connectivity index (χ1n) is 9.93. The van der Waals surface area contributed by atoms with Crippen molar-refractivity contribution in [2.75, 3.05) is 45.7 Å². The fraction of sp³-hybridized carbons (Fsp3) is 0.600. The molecule has 0 spiro atoms. The number of methoxy groups -OCH3 is 2. The zero-order chi connectivity index (χ0) is 21.0. The lowest BCUT2D eigenvalue weighted by Crippen LogP contribution is -2.64. The molecule has 0 saturated carbocycles. The Bertz CT molecular complexity index is 762. The largest absolute Gasteiger partial charge is 0.495 e. The molecular weight excluding hydrogens is 412 g/mol. The minimum atomic E-state index is -0.562. The van der Waals surface area contributed by atoms with Crippen LogP contribution < -0.4 is 20.5 Å². The van der Waals surface area contributed by atoms with Crippen molar-refractivity contribution in [3.8, 4) is 11.5 Å². The van der Waals surface area contributed by atoms with Gasteiger partial charge in [0.25, 0.3) is 0 Å². The van der Waals surface area contributed by atoms with Crippen molar-refractivity contribution in [2.24, 2.45) is 5.73 Å². The number of halogens is 1. The molecule has 2 saturated heterocycles. The third-order valence-electron chi connectivity index (χ3n) is 6.01. The number of likely N-dealkylation sites (tertiary alicyclic amines) is 2. The van der Waals surface area contributed by atoms with E-state index in [1.165, 1.54) is 6.42 Å². The molecule has 2 aliphatic rings. The molecular formula is C20H29ClN4O3S. The van der Waals surface area contributed by atoms with E-state index in [9.17, 15) is 4.79 Å². The average molecular weight is 441 g/mol. The molecule has 0 aromatic heterocycles. The maximum atomic E-state index is 12.4. The Morgan fingerprint density at radius 3 is 2.28 bits per heavy atom. The normalized spacial score (nSPS) is 19.5. The van der Waals surface area contributed by atoms with Gasteiger partial charge in [0, 0.05) is 25.2 Å². The summed E-state index contributed by atoms with van der Waals surface area (Å²) in [7, 11) is 3.14. The van der Waals surface area contributed by atoms with Crippen LogP contribution in [0.4, 0.5) is 5.69 Å². The Balaban J connectivity index is 1.69. The van der Waals surface area contributed by atoms with E-state index < -0.39 is 5.54 Å². The number of nitrogens with zero attached hydrogens (tertiary/aromatic N) is 2. The van der Waals surface area contributed by atoms with Gasteiger partial charge in [-0.05, 0) is 51.0 Å². The van der Waals surface area contributed by atoms with Crippen molar-refractivity contribution in [3.63, 3.8) is 0 Å². The minimum Gasteiger partial charge on any atom is -0.495 e. The van der Waals surface area contributed by atoms with Crippen molar-refractivity contribution in [3.05, 3.63) is 17.2 Å². The van der Waals surface area contributed by atoms with E-state index in [2.05, 4.69) is 15.1 Å². The molecule has 3 N–H and O–H groups in total. The number of nitrogens with two attached hydrogens (primary N) is 1. The molecule has 160 valence electrons. The highest BCUT2D eigenvalue weighted by atomic mass is 35.5. The van der Waals surface area contributed by atoms with E-state index in [-0.39, 0.29) is 5.91 Å². The summed E-state index contributed by atoms with van der Waals surface area (Å²) in [6.45, 7) is 3.21. The summed E-state index contributed by atoms with van der Waals surface area (Å²) in [5, 5.41) is 4.27. The van der Waals surface area contributed by atoms with E-state index in [4.69, 9.17) is 39.0 Å². The summed E-state index contributed by atoms with van der Waals surface area (Å²) < 4.78 is 10.7. The maximum Gasteiger partial charge on any atom is 0.238 e. The van der Waals surface area contributed by atoms with Crippen LogP contribution in [-0.2, 0) is 4.79 Å². The Labute approximate surface area is 182 Å². The molecule has 3 rings (SSSR count). The molecule has 0 bridgehead atoms. The van der Waals surface area contributed by atoms with Crippen molar-refractivity contribution < 1.29 is 14.3 Å². The van der Waals surface area contributed by atoms with E-state index in [1.807, 2.05) is 0 Å². The molecule has 1 aromatic carbocycles. The van der Waals surface area contributed by atoms with Gasteiger partial charge in [0.1, 0.15) is 17.0 Å². The molecule has 2 heterocycles. The predicted molar refractivity (Wildman–Crippen MR) is 119 cm³/mol. The first-order valence-corrected chi connectivity index (χ1v) is 10.7. The fourth-order valence-electron chi connectivity index (χ4n) is 4.27. The number of benzene rings is 1. The van der Waals surface area contributed by atoms with Crippen molar-refractivity contribution in [1.82, 2.24) is 9.80 Å². The van der Waals surface area contributed by atoms with Crippen LogP contribution >= 0.6 is 23.8 Å². The number of anilines is 1. The second-order valence-corrected chi connectivity index (χ2v) is 8.34. The first kappa shape index (κ1) is 21.9. The molecule has 9 heteroatoms. The number of hydrogen-bond acceptors (Lipinski definition) is 5. The third kappa shape index (κ3) is 4.54. The minimum absolute atomic E-state index is 0.220. The van der Waals surface area contributed by atoms with Crippen LogP contribution in [0.15, 0.2) is 12.1 Å². The van der Waals surface area contributed by atoms with Crippen LogP contribution in [0.3, 0.4) is 0 Å². The Morgan fingerprint density at radius 2 is 1.72 bits per heavy atom. The number of ether oxygens (including phenoxy) is 2. The van der Waals surface area contributed by atoms with Gasteiger partial charge in [0.2, 0.25) is 5.91 Å². The van der Waals surface area contributed by atoms with E-state index in [1.54, 1.807) is 26.4 Å². The van der Waals surface area contributed by atoms with Crippen LogP contribution in [0.5, 0.6) is 11.5 Å². The molecule has 1 amide bonds. The van der Waals surface area contributed by atoms with Gasteiger partial charge in [0.05, 0.1) is 24.9 Å². The van der Waals surface area contributed by atoms with E-state index in [0.29, 0.717) is 53.3 Å². The van der Waals surface area contributed by atoms with Gasteiger partial charge in [-0.15, -0.1) is 0 Å². The number of amides is 1. The zero-order valence-electron chi connectivity index (χ0n) is 17.0. The molecule has 2 aliphatic heterocycles. The Hall–Kier alpha value is -1.77. The standard InChI is InChI=1S/C20H29ClN4O3S/c1-27-16-13-15(17(28-2)12-14(16)21)23-19(29)24-10-6-20(7-11-24,18(22)26)25-8-4-3-5-9-25/h12-13H,3-11H2,1-2H3,(H2,22,26)(H,23,29). The summed E-state index contributed by atoms with van der Waals surface area (Å²) in [6, 6.07) is 3.45. The molecule has 0 atom stereocenters. The summed E-state index contributed by atoms with van der Waals surface area (Å²) in [4.78, 5) is 16.8. The predicted octanol–water partition coefficient (Wildman–Crippen LogP) is 2.86. The van der Waals surface area contributed by atoms with Crippen LogP contribution in [-0.4, -0.2) is 66.8 Å². The second kappa shape index (κ2) is 9.36. The van der Waals surface area contributed by atoms with Crippen molar-refractivity contribution in [2.45, 2.75) is 37.6 Å². The van der Waals surface area contributed by atoms with Crippen molar-refractivity contribution in [1.29, 1.82) is 0 Å². The van der Waals surface area contributed by atoms with E-state index in [0.717, 1.165) is 25.9 Å². The monoisotopic (exact) mass is 440 g/mol. The SMILES string of the molecule is COc1cc(NC(=S)N2CCC(C(N)=O)(N3CCCCC3)CC2)c(OC)cc1Cl. The summed E-state index contributed by atoms with van der Waals surface area (Å²) in [5.74, 6) is 0.895. The smallest absolute Gasteiger partial charge is 0.238 e. The fourth-order valence-corrected chi connectivity index (χ4v) is 4.80. The number of carbonyl (C=O) groups is 1. The third-order valence-corrected chi connectivity index (χ3v) is 6.67. The Morgan fingerprint density at radius 1 is 1.10 bits per heavy atom. The molecule has 0 radical (unpaired) electrons. The summed E-state index contributed by atoms with van der Waals surface area (Å²) in [6.07, 6.45) is 4.81. The lowest BCUT2D eigenvalue weighted by Gasteiger charge is -2.48. The van der Waals surface area contributed by atoms with Crippen LogP contribution in [0.25, 0.3) is 0 Å². The number of thiocarbonyl (C=S) groups is 1. The molecule has 2 fully saturated rings. The lowest BCUT2D eigenvalue weighted by atomic mass is 9.83. The maximum absolute atomic E-state index is 12.4. The number of primary amides is 1. The molecule has 1 aromatic rings. The van der Waals surface area contributed by atoms with Gasteiger partial charge in [-0.3, -0.25) is 9.69 Å². The number of piperidine rings is 2. The van der Waals surface area contributed by atoms with Gasteiger partial charge < -0.3 is 25.4 Å². The van der Waals surface area contributed by atoms with E-state index >= 15 is 0 Å². The topological polar surface area (TPSA) is 80.1 Å². The highest BCUT2D eigenvalue weighted by Crippen LogP contribution is 2.37. The van der Waals surface area contributed by atoms with Gasteiger partial charge in [-0.1, -0.05) is 18.0 Å². The molecule has 29 heavy (non-hydrogen) atoms. The van der Waals surface area contributed by atoms with Gasteiger partial charge in [-0.2, -0.15) is 0 Å². The molecule has 7 nitrogen and oxygen atoms in total. The first-order chi connectivity index (χ1) is 13.9. The number of carbonyl (C=O) groups excluding carboxylic acids is 1.